The Balaban J connectivity index is 1.37. The molecule has 2 aromatic rings. The molecule has 7 heteroatoms. The zero-order chi connectivity index (χ0) is 27.8. The molecule has 0 radical (unpaired) electrons. The molecule has 1 heterocycles. The fourth-order valence-corrected chi connectivity index (χ4v) is 5.53. The summed E-state index contributed by atoms with van der Waals surface area (Å²) in [6.45, 7) is 10.3. The number of amides is 2. The van der Waals surface area contributed by atoms with Crippen molar-refractivity contribution >= 4 is 11.8 Å². The van der Waals surface area contributed by atoms with Crippen LogP contribution in [0.4, 0.5) is 0 Å². The number of hydrogen-bond acceptors (Lipinski definition) is 5. The van der Waals surface area contributed by atoms with Crippen LogP contribution in [-0.2, 0) is 9.53 Å². The van der Waals surface area contributed by atoms with Gasteiger partial charge in [0.2, 0.25) is 5.91 Å². The molecule has 0 aromatic heterocycles. The molecule has 2 aromatic carbocycles. The Morgan fingerprint density at radius 2 is 1.79 bits per heavy atom. The van der Waals surface area contributed by atoms with E-state index in [0.717, 1.165) is 49.2 Å². The largest absolute Gasteiger partial charge is 0.493 e. The molecular weight excluding hydrogens is 490 g/mol. The highest BCUT2D eigenvalue weighted by molar-refractivity contribution is 5.95. The van der Waals surface area contributed by atoms with Crippen LogP contribution >= 0.6 is 0 Å². The second-order valence-corrected chi connectivity index (χ2v) is 11.4. The van der Waals surface area contributed by atoms with Crippen LogP contribution in [0.3, 0.4) is 0 Å². The summed E-state index contributed by atoms with van der Waals surface area (Å²) in [5.74, 6) is 1.80. The quantitative estimate of drug-likeness (QED) is 0.351. The van der Waals surface area contributed by atoms with Crippen molar-refractivity contribution in [1.29, 1.82) is 0 Å². The number of methoxy groups -OCH3 is 1. The van der Waals surface area contributed by atoms with Crippen molar-refractivity contribution in [1.82, 2.24) is 15.5 Å². The van der Waals surface area contributed by atoms with Gasteiger partial charge in [0.1, 0.15) is 5.75 Å². The number of hydrogen-bond donors (Lipinski definition) is 2. The fraction of sp³-hybridized carbons (Fsp3) is 0.562. The summed E-state index contributed by atoms with van der Waals surface area (Å²) < 4.78 is 11.1. The van der Waals surface area contributed by atoms with Crippen LogP contribution in [0.25, 0.3) is 0 Å². The Hall–Kier alpha value is -2.90. The lowest BCUT2D eigenvalue weighted by Crippen LogP contribution is -2.44. The predicted octanol–water partition coefficient (Wildman–Crippen LogP) is 4.41. The summed E-state index contributed by atoms with van der Waals surface area (Å²) in [6, 6.07) is 15.9. The Kier molecular flexibility index (Phi) is 10.4. The van der Waals surface area contributed by atoms with Crippen molar-refractivity contribution in [2.75, 3.05) is 46.5 Å². The minimum Gasteiger partial charge on any atom is -0.493 e. The summed E-state index contributed by atoms with van der Waals surface area (Å²) in [6.07, 6.45) is 3.03. The lowest BCUT2D eigenvalue weighted by atomic mass is 9.91. The maximum absolute atomic E-state index is 13.7. The highest BCUT2D eigenvalue weighted by Crippen LogP contribution is 2.42. The molecule has 2 N–H and O–H groups in total. The van der Waals surface area contributed by atoms with Crippen LogP contribution in [0.2, 0.25) is 0 Å². The summed E-state index contributed by atoms with van der Waals surface area (Å²) in [7, 11) is 1.68. The van der Waals surface area contributed by atoms with Gasteiger partial charge in [0, 0.05) is 57.9 Å². The molecule has 212 valence electrons. The first-order valence-electron chi connectivity index (χ1n) is 14.5. The van der Waals surface area contributed by atoms with Gasteiger partial charge in [0.15, 0.2) is 0 Å². The van der Waals surface area contributed by atoms with Gasteiger partial charge in [-0.3, -0.25) is 9.59 Å². The van der Waals surface area contributed by atoms with E-state index in [-0.39, 0.29) is 35.6 Å². The van der Waals surface area contributed by atoms with Gasteiger partial charge in [-0.15, -0.1) is 0 Å². The van der Waals surface area contributed by atoms with Gasteiger partial charge in [-0.05, 0) is 74.6 Å². The highest BCUT2D eigenvalue weighted by atomic mass is 16.5. The first kappa shape index (κ1) is 29.1. The van der Waals surface area contributed by atoms with Crippen LogP contribution in [0.5, 0.6) is 5.75 Å². The number of aryl methyl sites for hydroxylation is 1. The molecule has 0 bridgehead atoms. The SMILES string of the molecule is COCCCOc1cc(C(=O)N(C[C@@H]2CNC[C@H]2CNC(=O)C(c2ccccc2)C2CC2)C(C)C)ccc1C. The molecule has 1 saturated carbocycles. The van der Waals surface area contributed by atoms with Crippen molar-refractivity contribution in [3.63, 3.8) is 0 Å². The molecule has 7 nitrogen and oxygen atoms in total. The number of nitrogens with one attached hydrogen (secondary N) is 2. The van der Waals surface area contributed by atoms with Crippen LogP contribution in [0.15, 0.2) is 48.5 Å². The van der Waals surface area contributed by atoms with Gasteiger partial charge in [-0.1, -0.05) is 36.4 Å². The van der Waals surface area contributed by atoms with Gasteiger partial charge >= 0.3 is 0 Å². The molecule has 1 aliphatic carbocycles. The van der Waals surface area contributed by atoms with Crippen LogP contribution < -0.4 is 15.4 Å². The van der Waals surface area contributed by atoms with Gasteiger partial charge < -0.3 is 25.0 Å². The highest BCUT2D eigenvalue weighted by Gasteiger charge is 2.38. The second-order valence-electron chi connectivity index (χ2n) is 11.4. The average molecular weight is 536 g/mol. The molecule has 1 aliphatic heterocycles. The van der Waals surface area contributed by atoms with E-state index in [9.17, 15) is 9.59 Å². The number of benzene rings is 2. The van der Waals surface area contributed by atoms with Gasteiger partial charge in [-0.2, -0.15) is 0 Å². The summed E-state index contributed by atoms with van der Waals surface area (Å²) in [5, 5.41) is 6.77. The van der Waals surface area contributed by atoms with Crippen molar-refractivity contribution in [3.05, 3.63) is 65.2 Å². The number of ether oxygens (including phenoxy) is 2. The second kappa shape index (κ2) is 13.9. The zero-order valence-corrected chi connectivity index (χ0v) is 23.9. The topological polar surface area (TPSA) is 79.9 Å². The smallest absolute Gasteiger partial charge is 0.254 e. The van der Waals surface area contributed by atoms with E-state index in [4.69, 9.17) is 9.47 Å². The number of carbonyl (C=O) groups excluding carboxylic acids is 2. The molecule has 4 rings (SSSR count). The molecular formula is C32H45N3O4. The molecule has 3 atom stereocenters. The Labute approximate surface area is 233 Å². The summed E-state index contributed by atoms with van der Waals surface area (Å²) in [4.78, 5) is 28.9. The molecule has 0 spiro atoms. The number of rotatable bonds is 14. The van der Waals surface area contributed by atoms with E-state index >= 15 is 0 Å². The van der Waals surface area contributed by atoms with E-state index in [1.165, 1.54) is 0 Å². The van der Waals surface area contributed by atoms with E-state index in [1.807, 2.05) is 48.2 Å². The molecule has 39 heavy (non-hydrogen) atoms. The normalized spacial score (nSPS) is 19.6. The van der Waals surface area contributed by atoms with Crippen molar-refractivity contribution in [2.24, 2.45) is 17.8 Å². The van der Waals surface area contributed by atoms with Gasteiger partial charge in [0.05, 0.1) is 12.5 Å². The third kappa shape index (κ3) is 7.83. The van der Waals surface area contributed by atoms with Gasteiger partial charge in [0.25, 0.3) is 5.91 Å². The Morgan fingerprint density at radius 1 is 1.05 bits per heavy atom. The number of carbonyl (C=O) groups is 2. The van der Waals surface area contributed by atoms with Crippen molar-refractivity contribution in [2.45, 2.75) is 52.0 Å². The van der Waals surface area contributed by atoms with Crippen molar-refractivity contribution < 1.29 is 19.1 Å². The minimum absolute atomic E-state index is 0.0132. The molecule has 2 amide bonds. The van der Waals surface area contributed by atoms with E-state index in [0.29, 0.717) is 37.8 Å². The monoisotopic (exact) mass is 535 g/mol. The lowest BCUT2D eigenvalue weighted by Gasteiger charge is -2.32. The first-order valence-corrected chi connectivity index (χ1v) is 14.5. The summed E-state index contributed by atoms with van der Waals surface area (Å²) >= 11 is 0. The predicted molar refractivity (Wildman–Crippen MR) is 154 cm³/mol. The number of nitrogens with zero attached hydrogens (tertiary/aromatic N) is 1. The first-order chi connectivity index (χ1) is 18.9. The summed E-state index contributed by atoms with van der Waals surface area (Å²) in [5.41, 5.74) is 2.76. The minimum atomic E-state index is -0.0693. The lowest BCUT2D eigenvalue weighted by molar-refractivity contribution is -0.123. The van der Waals surface area contributed by atoms with Crippen molar-refractivity contribution in [3.8, 4) is 5.75 Å². The molecule has 2 aliphatic rings. The van der Waals surface area contributed by atoms with Crippen LogP contribution in [-0.4, -0.2) is 69.3 Å². The van der Waals surface area contributed by atoms with E-state index in [1.54, 1.807) is 7.11 Å². The Bertz CT molecular complexity index is 1090. The fourth-order valence-electron chi connectivity index (χ4n) is 5.53. The standard InChI is InChI=1S/C32H45N3O4/c1-22(2)35(32(37)26-12-11-23(3)29(17-26)39-16-8-15-38-4)21-28-19-33-18-27(28)20-34-31(36)30(25-13-14-25)24-9-6-5-7-10-24/h5-7,9-12,17,22,25,27-28,30,33H,8,13-16,18-21H2,1-4H3,(H,34,36)/t27-,28-,30?/m0/s1. The van der Waals surface area contributed by atoms with E-state index in [2.05, 4.69) is 36.6 Å². The zero-order valence-electron chi connectivity index (χ0n) is 23.9. The van der Waals surface area contributed by atoms with Crippen LogP contribution in [0.1, 0.15) is 60.5 Å². The van der Waals surface area contributed by atoms with E-state index < -0.39 is 0 Å². The molecule has 1 unspecified atom stereocenters. The third-order valence-corrected chi connectivity index (χ3v) is 8.05. The maximum atomic E-state index is 13.7. The maximum Gasteiger partial charge on any atom is 0.254 e. The molecule has 2 fully saturated rings. The van der Waals surface area contributed by atoms with Crippen LogP contribution in [0, 0.1) is 24.7 Å². The Morgan fingerprint density at radius 3 is 2.49 bits per heavy atom. The van der Waals surface area contributed by atoms with Gasteiger partial charge in [-0.25, -0.2) is 0 Å². The third-order valence-electron chi connectivity index (χ3n) is 8.05. The molecule has 1 saturated heterocycles. The average Bonchev–Trinajstić information content (AvgIpc) is 3.66.